The van der Waals surface area contributed by atoms with Gasteiger partial charge in [0.2, 0.25) is 0 Å². The van der Waals surface area contributed by atoms with Gasteiger partial charge in [0.25, 0.3) is 20.2 Å². The van der Waals surface area contributed by atoms with Crippen LogP contribution in [0.25, 0.3) is 32.3 Å². The molecule has 0 saturated heterocycles. The van der Waals surface area contributed by atoms with Gasteiger partial charge in [-0.05, 0) is 46.2 Å². The number of hydrogen-bond donors (Lipinski definition) is 2. The van der Waals surface area contributed by atoms with Crippen molar-refractivity contribution >= 4 is 52.6 Å². The second kappa shape index (κ2) is 4.89. The Hall–Kier alpha value is -2.26. The van der Waals surface area contributed by atoms with Gasteiger partial charge in [0, 0.05) is 10.8 Å². The highest BCUT2D eigenvalue weighted by atomic mass is 32.2. The fraction of sp³-hybridized carbons (Fsp3) is 0.0588. The molecule has 0 saturated carbocycles. The van der Waals surface area contributed by atoms with E-state index >= 15 is 0 Å². The molecule has 2 N–H and O–H groups in total. The first-order valence-electron chi connectivity index (χ1n) is 7.25. The van der Waals surface area contributed by atoms with Gasteiger partial charge >= 0.3 is 0 Å². The molecule has 0 aliphatic rings. The van der Waals surface area contributed by atoms with Gasteiger partial charge in [0.1, 0.15) is 9.79 Å². The van der Waals surface area contributed by atoms with Crippen molar-refractivity contribution in [2.75, 3.05) is 0 Å². The zero-order valence-corrected chi connectivity index (χ0v) is 14.5. The van der Waals surface area contributed by atoms with Crippen LogP contribution in [0.15, 0.2) is 52.3 Å². The summed E-state index contributed by atoms with van der Waals surface area (Å²) < 4.78 is 66.0. The molecule has 6 nitrogen and oxygen atoms in total. The lowest BCUT2D eigenvalue weighted by Gasteiger charge is -2.16. The molecule has 4 aromatic rings. The van der Waals surface area contributed by atoms with Crippen molar-refractivity contribution in [2.45, 2.75) is 16.7 Å². The fourth-order valence-corrected chi connectivity index (χ4v) is 4.91. The van der Waals surface area contributed by atoms with Crippen LogP contribution < -0.4 is 0 Å². The van der Waals surface area contributed by atoms with Crippen molar-refractivity contribution in [2.24, 2.45) is 0 Å². The van der Waals surface area contributed by atoms with Crippen LogP contribution in [0.4, 0.5) is 0 Å². The molecule has 0 amide bonds. The highest BCUT2D eigenvalue weighted by molar-refractivity contribution is 7.86. The van der Waals surface area contributed by atoms with Crippen LogP contribution >= 0.6 is 0 Å². The van der Waals surface area contributed by atoms with Gasteiger partial charge in [0.05, 0.1) is 0 Å². The smallest absolute Gasteiger partial charge is 0.282 e. The molecule has 0 bridgehead atoms. The summed E-state index contributed by atoms with van der Waals surface area (Å²) in [6.07, 6.45) is 0. The van der Waals surface area contributed by atoms with Crippen molar-refractivity contribution in [3.05, 3.63) is 48.0 Å². The monoisotopic (exact) mass is 376 g/mol. The maximum absolute atomic E-state index is 11.8. The predicted molar refractivity (Wildman–Crippen MR) is 94.5 cm³/mol. The first-order valence-corrected chi connectivity index (χ1v) is 10.1. The second-order valence-corrected chi connectivity index (χ2v) is 8.73. The van der Waals surface area contributed by atoms with E-state index in [2.05, 4.69) is 0 Å². The Labute approximate surface area is 143 Å². The molecule has 0 aliphatic carbocycles. The van der Waals surface area contributed by atoms with Crippen LogP contribution in [0.5, 0.6) is 0 Å². The highest BCUT2D eigenvalue weighted by Crippen LogP contribution is 2.40. The summed E-state index contributed by atoms with van der Waals surface area (Å²) in [6, 6.07) is 10.8. The lowest BCUT2D eigenvalue weighted by molar-refractivity contribution is 0.482. The standard InChI is InChI=1S/C17H12O6S2/c1-9-8-15(25(21,22)23)13-6-5-12-14(24(18,19)20)7-3-10-2-4-11(9)17(13)16(10)12/h2-8H,1H3,(H,18,19,20)(H,21,22,23). The van der Waals surface area contributed by atoms with Crippen molar-refractivity contribution in [1.29, 1.82) is 0 Å². The second-order valence-electron chi connectivity index (χ2n) is 5.95. The Bertz CT molecular complexity index is 1390. The van der Waals surface area contributed by atoms with Gasteiger partial charge < -0.3 is 0 Å². The van der Waals surface area contributed by atoms with Gasteiger partial charge in [-0.2, -0.15) is 16.8 Å². The minimum Gasteiger partial charge on any atom is -0.282 e. The molecule has 4 aromatic carbocycles. The zero-order valence-electron chi connectivity index (χ0n) is 12.9. The first kappa shape index (κ1) is 16.2. The van der Waals surface area contributed by atoms with E-state index in [0.29, 0.717) is 32.5 Å². The van der Waals surface area contributed by atoms with Gasteiger partial charge in [-0.3, -0.25) is 9.11 Å². The van der Waals surface area contributed by atoms with Crippen molar-refractivity contribution < 1.29 is 25.9 Å². The normalized spacial score (nSPS) is 13.2. The Balaban J connectivity index is 2.39. The largest absolute Gasteiger partial charge is 0.295 e. The van der Waals surface area contributed by atoms with Crippen molar-refractivity contribution in [1.82, 2.24) is 0 Å². The average molecular weight is 376 g/mol. The number of rotatable bonds is 2. The van der Waals surface area contributed by atoms with Crippen LogP contribution in [0, 0.1) is 6.92 Å². The topological polar surface area (TPSA) is 109 Å². The lowest BCUT2D eigenvalue weighted by Crippen LogP contribution is -2.03. The molecule has 4 rings (SSSR count). The maximum atomic E-state index is 11.8. The van der Waals surface area contributed by atoms with E-state index in [1.54, 1.807) is 19.1 Å². The Morgan fingerprint density at radius 2 is 1.20 bits per heavy atom. The Kier molecular flexibility index (Phi) is 3.17. The minimum atomic E-state index is -4.46. The van der Waals surface area contributed by atoms with E-state index in [0.717, 1.165) is 5.39 Å². The van der Waals surface area contributed by atoms with Crippen molar-refractivity contribution in [3.8, 4) is 0 Å². The molecule has 0 fully saturated rings. The molecule has 25 heavy (non-hydrogen) atoms. The first-order chi connectivity index (χ1) is 11.6. The van der Waals surface area contributed by atoms with Crippen LogP contribution in [-0.4, -0.2) is 25.9 Å². The number of hydrogen-bond acceptors (Lipinski definition) is 4. The van der Waals surface area contributed by atoms with Crippen LogP contribution in [0.1, 0.15) is 5.56 Å². The highest BCUT2D eigenvalue weighted by Gasteiger charge is 2.22. The van der Waals surface area contributed by atoms with Gasteiger partial charge in [0.15, 0.2) is 0 Å². The molecular weight excluding hydrogens is 364 g/mol. The molecule has 0 atom stereocenters. The summed E-state index contributed by atoms with van der Waals surface area (Å²) in [4.78, 5) is -0.478. The molecule has 0 heterocycles. The third-order valence-corrected chi connectivity index (χ3v) is 6.27. The molecule has 0 aromatic heterocycles. The fourth-order valence-electron chi connectivity index (χ4n) is 3.45. The SMILES string of the molecule is Cc1cc(S(=O)(=O)O)c2ccc3c(S(=O)(=O)O)ccc4ccc1c2c43. The van der Waals surface area contributed by atoms with E-state index in [4.69, 9.17) is 0 Å². The van der Waals surface area contributed by atoms with E-state index in [1.165, 1.54) is 24.3 Å². The van der Waals surface area contributed by atoms with Crippen LogP contribution in [-0.2, 0) is 20.2 Å². The summed E-state index contributed by atoms with van der Waals surface area (Å²) in [7, 11) is -8.90. The third-order valence-electron chi connectivity index (χ3n) is 4.47. The van der Waals surface area contributed by atoms with Gasteiger partial charge in [-0.1, -0.05) is 30.3 Å². The van der Waals surface area contributed by atoms with Crippen LogP contribution in [0.3, 0.4) is 0 Å². The molecule has 0 aliphatic heterocycles. The lowest BCUT2D eigenvalue weighted by atomic mass is 9.92. The van der Waals surface area contributed by atoms with E-state index in [1.807, 2.05) is 6.07 Å². The van der Waals surface area contributed by atoms with Gasteiger partial charge in [-0.25, -0.2) is 0 Å². The Morgan fingerprint density at radius 1 is 0.680 bits per heavy atom. The summed E-state index contributed by atoms with van der Waals surface area (Å²) in [6.45, 7) is 1.71. The zero-order chi connectivity index (χ0) is 18.1. The van der Waals surface area contributed by atoms with E-state index in [9.17, 15) is 25.9 Å². The maximum Gasteiger partial charge on any atom is 0.295 e. The molecule has 128 valence electrons. The summed E-state index contributed by atoms with van der Waals surface area (Å²) in [5.41, 5.74) is 0.631. The average Bonchev–Trinajstić information content (AvgIpc) is 2.51. The quantitative estimate of drug-likeness (QED) is 0.410. The van der Waals surface area contributed by atoms with Gasteiger partial charge in [-0.15, -0.1) is 0 Å². The third kappa shape index (κ3) is 2.30. The summed E-state index contributed by atoms with van der Waals surface area (Å²) >= 11 is 0. The van der Waals surface area contributed by atoms with E-state index in [-0.39, 0.29) is 9.79 Å². The molecule has 8 heteroatoms. The molecule has 0 unspecified atom stereocenters. The summed E-state index contributed by atoms with van der Waals surface area (Å²) in [5.74, 6) is 0. The van der Waals surface area contributed by atoms with Crippen molar-refractivity contribution in [3.63, 3.8) is 0 Å². The molecule has 0 spiro atoms. The number of benzene rings is 4. The molecular formula is C17H12O6S2. The summed E-state index contributed by atoms with van der Waals surface area (Å²) in [5, 5.41) is 3.10. The van der Waals surface area contributed by atoms with E-state index < -0.39 is 20.2 Å². The molecule has 0 radical (unpaired) electrons. The minimum absolute atomic E-state index is 0.232. The van der Waals surface area contributed by atoms with Crippen LogP contribution in [0.2, 0.25) is 0 Å². The number of aryl methyl sites for hydroxylation is 1. The predicted octanol–water partition coefficient (Wildman–Crippen LogP) is 3.39. The Morgan fingerprint density at radius 3 is 1.80 bits per heavy atom.